The molecule has 13 atom stereocenters. The Kier molecular flexibility index (Phi) is 16.5. The topological polar surface area (TPSA) is 175 Å². The van der Waals surface area contributed by atoms with Gasteiger partial charge in [0.1, 0.15) is 36.0 Å². The van der Waals surface area contributed by atoms with E-state index in [0.29, 0.717) is 30.9 Å². The minimum Gasteiger partial charge on any atom is -0.459 e. The Morgan fingerprint density at radius 3 is 2.35 bits per heavy atom. The molecule has 57 heavy (non-hydrogen) atoms. The highest BCUT2D eigenvalue weighted by molar-refractivity contribution is 6.00. The van der Waals surface area contributed by atoms with Crippen LogP contribution in [0.1, 0.15) is 93.6 Å². The van der Waals surface area contributed by atoms with E-state index >= 15 is 0 Å². The van der Waals surface area contributed by atoms with E-state index in [9.17, 15) is 24.6 Å². The average molecular weight is 802 g/mol. The number of oxime groups is 1. The maximum absolute atomic E-state index is 14.5. The van der Waals surface area contributed by atoms with E-state index in [4.69, 9.17) is 28.5 Å². The molecule has 320 valence electrons. The summed E-state index contributed by atoms with van der Waals surface area (Å²) in [6.45, 7) is 15.3. The number of aryl methyl sites for hydroxylation is 1. The summed E-state index contributed by atoms with van der Waals surface area (Å²) in [6, 6.07) is 9.75. The molecule has 1 amide bonds. The lowest BCUT2D eigenvalue weighted by atomic mass is 9.73. The third-order valence-corrected chi connectivity index (χ3v) is 11.9. The minimum atomic E-state index is -1.82. The van der Waals surface area contributed by atoms with Gasteiger partial charge in [-0.25, -0.2) is 4.99 Å². The van der Waals surface area contributed by atoms with Crippen LogP contribution in [-0.4, -0.2) is 132 Å². The van der Waals surface area contributed by atoms with Crippen LogP contribution >= 0.6 is 0 Å². The van der Waals surface area contributed by atoms with Gasteiger partial charge in [0.05, 0.1) is 37.1 Å². The van der Waals surface area contributed by atoms with Crippen LogP contribution in [0.3, 0.4) is 0 Å². The Hall–Kier alpha value is -3.11. The van der Waals surface area contributed by atoms with Gasteiger partial charge >= 0.3 is 5.97 Å². The van der Waals surface area contributed by atoms with E-state index in [-0.39, 0.29) is 38.2 Å². The first-order valence-electron chi connectivity index (χ1n) is 20.5. The number of Topliss-reactive ketones (excluding diaryl/α,β-unsaturated/α-hetero) is 1. The summed E-state index contributed by atoms with van der Waals surface area (Å²) >= 11 is 0. The zero-order valence-corrected chi connectivity index (χ0v) is 35.8. The minimum absolute atomic E-state index is 0.127. The number of esters is 1. The molecule has 4 rings (SSSR count). The molecule has 1 aromatic rings. The molecule has 2 N–H and O–H groups in total. The van der Waals surface area contributed by atoms with Gasteiger partial charge in [-0.15, -0.1) is 0 Å². The van der Waals surface area contributed by atoms with E-state index in [2.05, 4.69) is 22.3 Å². The Morgan fingerprint density at radius 2 is 1.72 bits per heavy atom. The number of carbonyl (C=O) groups excluding carboxylic acids is 3. The van der Waals surface area contributed by atoms with Crippen LogP contribution in [0.4, 0.5) is 0 Å². The van der Waals surface area contributed by atoms with Crippen LogP contribution in [0.2, 0.25) is 0 Å². The summed E-state index contributed by atoms with van der Waals surface area (Å²) in [5, 5.41) is 28.5. The summed E-state index contributed by atoms with van der Waals surface area (Å²) < 4.78 is 32.4. The van der Waals surface area contributed by atoms with Gasteiger partial charge in [0.2, 0.25) is 5.91 Å². The van der Waals surface area contributed by atoms with Gasteiger partial charge in [0, 0.05) is 30.5 Å². The molecule has 2 bridgehead atoms. The summed E-state index contributed by atoms with van der Waals surface area (Å²) in [4.78, 5) is 53.3. The maximum Gasteiger partial charge on any atom is 0.316 e. The SMILES string of the molecule is CC[C@H]1OC(=O)[C@H](C)C(=O)[C@H](C)[C@@H](O[C@@H]2O[C@H](C)C[C@H](N(C)C)[C@H]2O)[C@@]2(C)C[C@@H](C)C(=NC(C)=O)[C@H](C)[C@@H](OC/C(=N\OCCCc3ccccc3)CO2)[C@]1(C)O. The van der Waals surface area contributed by atoms with E-state index in [1.54, 1.807) is 13.8 Å². The molecule has 3 aliphatic heterocycles. The Labute approximate surface area is 338 Å². The van der Waals surface area contributed by atoms with Crippen molar-refractivity contribution < 1.29 is 53.1 Å². The van der Waals surface area contributed by atoms with Crippen molar-refractivity contribution in [1.82, 2.24) is 4.90 Å². The van der Waals surface area contributed by atoms with Crippen LogP contribution in [0, 0.1) is 23.7 Å². The molecule has 3 fully saturated rings. The first-order valence-corrected chi connectivity index (χ1v) is 20.5. The molecule has 0 spiro atoms. The van der Waals surface area contributed by atoms with Gasteiger partial charge in [0.25, 0.3) is 0 Å². The fraction of sp³-hybridized carbons (Fsp3) is 0.744. The standard InChI is InChI=1S/C43H67N3O11/c1-12-34-43(9,51)39-27(4)35(44-30(7)47)25(2)22-42(8,53-24-32(23-52-39)45-54-20-16-19-31-17-14-13-15-18-31)38(28(5)36(48)29(6)40(50)56-34)57-41-37(49)33(46(10)11)21-26(3)55-41/h13-15,17-18,25-29,33-34,37-39,41,49,51H,12,16,19-24H2,1-11H3/b44-35?,45-32+/t25-,26-,27+,28+,29-,33+,34-,37-,38-,39-,41+,42-,43-/m1/s1. The molecule has 1 aromatic carbocycles. The van der Waals surface area contributed by atoms with E-state index in [0.717, 1.165) is 6.42 Å². The number of aliphatic hydroxyl groups is 2. The lowest BCUT2D eigenvalue weighted by Crippen LogP contribution is -2.60. The number of ether oxygens (including phenoxy) is 5. The van der Waals surface area contributed by atoms with Crippen molar-refractivity contribution in [2.45, 2.75) is 148 Å². The second-order valence-corrected chi connectivity index (χ2v) is 17.0. The van der Waals surface area contributed by atoms with Crippen LogP contribution in [0.25, 0.3) is 0 Å². The number of hydrogen-bond acceptors (Lipinski definition) is 13. The van der Waals surface area contributed by atoms with Crippen molar-refractivity contribution in [3.8, 4) is 0 Å². The smallest absolute Gasteiger partial charge is 0.316 e. The van der Waals surface area contributed by atoms with Gasteiger partial charge in [-0.1, -0.05) is 63.2 Å². The molecule has 0 saturated carbocycles. The number of ketones is 1. The summed E-state index contributed by atoms with van der Waals surface area (Å²) in [6.07, 6.45) is -3.42. The predicted molar refractivity (Wildman–Crippen MR) is 215 cm³/mol. The fourth-order valence-electron chi connectivity index (χ4n) is 8.73. The van der Waals surface area contributed by atoms with Crippen molar-refractivity contribution in [2.75, 3.05) is 33.9 Å². The molecule has 0 aliphatic carbocycles. The first-order chi connectivity index (χ1) is 26.8. The molecule has 3 saturated heterocycles. The second-order valence-electron chi connectivity index (χ2n) is 17.0. The zero-order chi connectivity index (χ0) is 42.2. The normalized spacial score (nSPS) is 38.9. The molecule has 0 radical (unpaired) electrons. The van der Waals surface area contributed by atoms with E-state index in [1.165, 1.54) is 26.3 Å². The number of rotatable bonds is 9. The largest absolute Gasteiger partial charge is 0.459 e. The molecule has 14 nitrogen and oxygen atoms in total. The van der Waals surface area contributed by atoms with Crippen molar-refractivity contribution in [2.24, 2.45) is 33.8 Å². The number of nitrogens with zero attached hydrogens (tertiary/aromatic N) is 3. The lowest BCUT2D eigenvalue weighted by Gasteiger charge is -2.47. The summed E-state index contributed by atoms with van der Waals surface area (Å²) in [7, 11) is 3.75. The second kappa shape index (κ2) is 20.2. The quantitative estimate of drug-likeness (QED) is 0.155. The van der Waals surface area contributed by atoms with Crippen molar-refractivity contribution >= 4 is 29.1 Å². The summed E-state index contributed by atoms with van der Waals surface area (Å²) in [5.74, 6) is -5.18. The van der Waals surface area contributed by atoms with Crippen LogP contribution in [0.15, 0.2) is 40.5 Å². The summed E-state index contributed by atoms with van der Waals surface area (Å²) in [5.41, 5.74) is -1.22. The number of hydrogen-bond donors (Lipinski definition) is 2. The van der Waals surface area contributed by atoms with Gasteiger partial charge in [-0.05, 0) is 85.4 Å². The van der Waals surface area contributed by atoms with Crippen molar-refractivity contribution in [1.29, 1.82) is 0 Å². The highest BCUT2D eigenvalue weighted by atomic mass is 16.7. The van der Waals surface area contributed by atoms with Gasteiger partial charge in [-0.3, -0.25) is 14.4 Å². The van der Waals surface area contributed by atoms with Gasteiger partial charge in [0.15, 0.2) is 12.1 Å². The van der Waals surface area contributed by atoms with Crippen molar-refractivity contribution in [3.05, 3.63) is 35.9 Å². The number of benzene rings is 1. The van der Waals surface area contributed by atoms with Gasteiger partial charge in [-0.2, -0.15) is 0 Å². The number of likely N-dealkylation sites (N-methyl/N-ethyl adjacent to an activating group) is 1. The molecular formula is C43H67N3O11. The van der Waals surface area contributed by atoms with Gasteiger partial charge < -0.3 is 43.6 Å². The molecule has 3 heterocycles. The number of aliphatic imine (C=N–C) groups is 1. The maximum atomic E-state index is 14.5. The number of carbonyl (C=O) groups is 3. The van der Waals surface area contributed by atoms with E-state index < -0.39 is 83.2 Å². The predicted octanol–water partition coefficient (Wildman–Crippen LogP) is 4.55. The number of cyclic esters (lactones) is 1. The van der Waals surface area contributed by atoms with Crippen LogP contribution < -0.4 is 0 Å². The average Bonchev–Trinajstić information content (AvgIpc) is 3.17. The molecular weight excluding hydrogens is 734 g/mol. The third-order valence-electron chi connectivity index (χ3n) is 11.9. The highest BCUT2D eigenvalue weighted by Gasteiger charge is 2.53. The molecule has 14 heteroatoms. The third kappa shape index (κ3) is 11.6. The number of amides is 1. The van der Waals surface area contributed by atoms with E-state index in [1.807, 2.05) is 64.9 Å². The molecule has 0 aromatic heterocycles. The Bertz CT molecular complexity index is 1570. The number of aliphatic hydroxyl groups excluding tert-OH is 1. The molecule has 3 aliphatic rings. The first kappa shape index (κ1) is 46.6. The van der Waals surface area contributed by atoms with Crippen molar-refractivity contribution in [3.63, 3.8) is 0 Å². The zero-order valence-electron chi connectivity index (χ0n) is 35.8. The molecule has 0 unspecified atom stereocenters. The van der Waals surface area contributed by atoms with Crippen LogP contribution in [0.5, 0.6) is 0 Å². The fourth-order valence-corrected chi connectivity index (χ4v) is 8.73. The highest BCUT2D eigenvalue weighted by Crippen LogP contribution is 2.40. The monoisotopic (exact) mass is 801 g/mol. The Balaban J connectivity index is 1.88. The Morgan fingerprint density at radius 1 is 1.04 bits per heavy atom. The van der Waals surface area contributed by atoms with Crippen LogP contribution in [-0.2, 0) is 49.3 Å². The lowest BCUT2D eigenvalue weighted by molar-refractivity contribution is -0.296. The number of fused-ring (bicyclic) bond motifs is 5.